The van der Waals surface area contributed by atoms with Gasteiger partial charge in [-0.25, -0.2) is 0 Å². The second-order valence-electron chi connectivity index (χ2n) is 3.62. The number of rotatable bonds is 4. The predicted molar refractivity (Wildman–Crippen MR) is 52.5 cm³/mol. The van der Waals surface area contributed by atoms with Gasteiger partial charge in [-0.15, -0.1) is 0 Å². The van der Waals surface area contributed by atoms with Crippen LogP contribution >= 0.6 is 0 Å². The van der Waals surface area contributed by atoms with Crippen LogP contribution in [0.1, 0.15) is 19.8 Å². The first kappa shape index (κ1) is 11.0. The Kier molecular flexibility index (Phi) is 3.88. The average molecular weight is 199 g/mol. The van der Waals surface area contributed by atoms with E-state index in [-0.39, 0.29) is 11.8 Å². The number of carbonyl (C=O) groups is 2. The highest BCUT2D eigenvalue weighted by molar-refractivity contribution is 5.74. The van der Waals surface area contributed by atoms with Gasteiger partial charge >= 0.3 is 0 Å². The maximum absolute atomic E-state index is 11.0. The lowest BCUT2D eigenvalue weighted by molar-refractivity contribution is -0.127. The molecule has 0 bridgehead atoms. The van der Waals surface area contributed by atoms with E-state index in [0.29, 0.717) is 19.0 Å². The summed E-state index contributed by atoms with van der Waals surface area (Å²) in [4.78, 5) is 23.3. The third-order valence-electron chi connectivity index (χ3n) is 2.44. The summed E-state index contributed by atoms with van der Waals surface area (Å²) >= 11 is 0. The van der Waals surface area contributed by atoms with Crippen LogP contribution in [0.5, 0.6) is 0 Å². The van der Waals surface area contributed by atoms with Crippen molar-refractivity contribution < 1.29 is 9.59 Å². The Hall–Kier alpha value is -1.10. The number of amides is 2. The summed E-state index contributed by atoms with van der Waals surface area (Å²) in [5, 5.41) is 3.20. The first-order valence-corrected chi connectivity index (χ1v) is 4.87. The van der Waals surface area contributed by atoms with Gasteiger partial charge in [0.05, 0.1) is 0 Å². The molecule has 0 aliphatic carbocycles. The largest absolute Gasteiger partial charge is 0.370 e. The summed E-state index contributed by atoms with van der Waals surface area (Å²) in [5.41, 5.74) is 5.01. The normalized spacial score (nSPS) is 21.2. The van der Waals surface area contributed by atoms with Gasteiger partial charge < -0.3 is 16.0 Å². The van der Waals surface area contributed by atoms with Crippen LogP contribution in [0.4, 0.5) is 0 Å². The lowest BCUT2D eigenvalue weighted by Crippen LogP contribution is -2.35. The number of nitrogens with two attached hydrogens (primary N) is 1. The molecule has 5 nitrogen and oxygen atoms in total. The maximum Gasteiger partial charge on any atom is 0.219 e. The van der Waals surface area contributed by atoms with Crippen LogP contribution in [0.2, 0.25) is 0 Å². The van der Waals surface area contributed by atoms with Crippen molar-refractivity contribution in [3.63, 3.8) is 0 Å². The molecule has 1 aliphatic rings. The second kappa shape index (κ2) is 4.95. The van der Waals surface area contributed by atoms with Gasteiger partial charge in [-0.05, 0) is 6.42 Å². The number of nitrogens with one attached hydrogen (secondary N) is 1. The van der Waals surface area contributed by atoms with Gasteiger partial charge in [0.15, 0.2) is 0 Å². The van der Waals surface area contributed by atoms with E-state index in [1.165, 1.54) is 0 Å². The van der Waals surface area contributed by atoms with Crippen molar-refractivity contribution in [3.8, 4) is 0 Å². The van der Waals surface area contributed by atoms with E-state index >= 15 is 0 Å². The lowest BCUT2D eigenvalue weighted by Gasteiger charge is -2.14. The van der Waals surface area contributed by atoms with Gasteiger partial charge in [-0.3, -0.25) is 9.59 Å². The van der Waals surface area contributed by atoms with Gasteiger partial charge in [0.2, 0.25) is 11.8 Å². The molecule has 1 unspecified atom stereocenters. The molecule has 0 spiro atoms. The van der Waals surface area contributed by atoms with E-state index < -0.39 is 0 Å². The number of likely N-dealkylation sites (tertiary alicyclic amines) is 1. The molecule has 1 atom stereocenters. The van der Waals surface area contributed by atoms with E-state index in [1.807, 2.05) is 4.90 Å². The summed E-state index contributed by atoms with van der Waals surface area (Å²) < 4.78 is 0. The molecule has 1 fully saturated rings. The van der Waals surface area contributed by atoms with E-state index in [2.05, 4.69) is 5.32 Å². The summed E-state index contributed by atoms with van der Waals surface area (Å²) in [5.74, 6) is -0.178. The lowest BCUT2D eigenvalue weighted by atomic mass is 10.2. The second-order valence-corrected chi connectivity index (χ2v) is 3.62. The van der Waals surface area contributed by atoms with Crippen LogP contribution < -0.4 is 11.1 Å². The molecule has 1 rings (SSSR count). The molecule has 0 aromatic rings. The zero-order chi connectivity index (χ0) is 10.6. The number of hydrogen-bond donors (Lipinski definition) is 2. The quantitative estimate of drug-likeness (QED) is 0.614. The van der Waals surface area contributed by atoms with Crippen molar-refractivity contribution in [3.05, 3.63) is 0 Å². The number of hydrogen-bond acceptors (Lipinski definition) is 3. The van der Waals surface area contributed by atoms with Crippen molar-refractivity contribution in [1.82, 2.24) is 10.2 Å². The Balaban J connectivity index is 2.16. The van der Waals surface area contributed by atoms with E-state index in [4.69, 9.17) is 5.73 Å². The Morgan fingerprint density at radius 3 is 2.79 bits per heavy atom. The average Bonchev–Trinajstić information content (AvgIpc) is 2.52. The molecule has 3 N–H and O–H groups in total. The summed E-state index contributed by atoms with van der Waals surface area (Å²) in [6, 6.07) is 0.318. The molecule has 0 aromatic carbocycles. The molecule has 1 heterocycles. The minimum atomic E-state index is -0.293. The van der Waals surface area contributed by atoms with Crippen LogP contribution in [-0.4, -0.2) is 42.4 Å². The van der Waals surface area contributed by atoms with Crippen LogP contribution in [0.3, 0.4) is 0 Å². The summed E-state index contributed by atoms with van der Waals surface area (Å²) in [6.07, 6.45) is 1.31. The van der Waals surface area contributed by atoms with Crippen molar-refractivity contribution in [2.75, 3.05) is 19.6 Å². The van der Waals surface area contributed by atoms with Gasteiger partial charge in [0.25, 0.3) is 0 Å². The molecule has 5 heteroatoms. The van der Waals surface area contributed by atoms with E-state index in [9.17, 15) is 9.59 Å². The Bertz CT molecular complexity index is 230. The molecule has 0 saturated carbocycles. The van der Waals surface area contributed by atoms with Crippen molar-refractivity contribution in [1.29, 1.82) is 0 Å². The fraction of sp³-hybridized carbons (Fsp3) is 0.778. The highest BCUT2D eigenvalue weighted by Gasteiger charge is 2.23. The summed E-state index contributed by atoms with van der Waals surface area (Å²) in [6.45, 7) is 3.73. The zero-order valence-corrected chi connectivity index (χ0v) is 8.45. The van der Waals surface area contributed by atoms with Gasteiger partial charge in [-0.2, -0.15) is 0 Å². The monoisotopic (exact) mass is 199 g/mol. The third kappa shape index (κ3) is 3.33. The molecule has 1 aliphatic heterocycles. The van der Waals surface area contributed by atoms with Crippen LogP contribution in [0.25, 0.3) is 0 Å². The van der Waals surface area contributed by atoms with Crippen molar-refractivity contribution in [2.45, 2.75) is 25.8 Å². The molecule has 0 aromatic heterocycles. The first-order valence-electron chi connectivity index (χ1n) is 4.87. The zero-order valence-electron chi connectivity index (χ0n) is 8.45. The topological polar surface area (TPSA) is 75.4 Å². The van der Waals surface area contributed by atoms with Crippen LogP contribution in [-0.2, 0) is 9.59 Å². The van der Waals surface area contributed by atoms with Crippen molar-refractivity contribution >= 4 is 11.8 Å². The standard InChI is InChI=1S/C9H17N3O2/c1-7(13)12-5-3-8(6-12)11-4-2-9(10)14/h8,11H,2-6H2,1H3,(H2,10,14). The van der Waals surface area contributed by atoms with Crippen LogP contribution in [0, 0.1) is 0 Å². The molecule has 0 radical (unpaired) electrons. The minimum absolute atomic E-state index is 0.115. The number of primary amides is 1. The van der Waals surface area contributed by atoms with Gasteiger partial charge in [-0.1, -0.05) is 0 Å². The van der Waals surface area contributed by atoms with E-state index in [0.717, 1.165) is 19.5 Å². The third-order valence-corrected chi connectivity index (χ3v) is 2.44. The minimum Gasteiger partial charge on any atom is -0.370 e. The fourth-order valence-electron chi connectivity index (χ4n) is 1.61. The Labute approximate surface area is 83.6 Å². The van der Waals surface area contributed by atoms with Gasteiger partial charge in [0.1, 0.15) is 0 Å². The molecular formula is C9H17N3O2. The molecule has 80 valence electrons. The Morgan fingerprint density at radius 2 is 2.29 bits per heavy atom. The first-order chi connectivity index (χ1) is 6.59. The smallest absolute Gasteiger partial charge is 0.219 e. The Morgan fingerprint density at radius 1 is 1.57 bits per heavy atom. The molecular weight excluding hydrogens is 182 g/mol. The highest BCUT2D eigenvalue weighted by Crippen LogP contribution is 2.08. The van der Waals surface area contributed by atoms with Crippen molar-refractivity contribution in [2.24, 2.45) is 5.73 Å². The SMILES string of the molecule is CC(=O)N1CCC(NCCC(N)=O)C1. The number of nitrogens with zero attached hydrogens (tertiary/aromatic N) is 1. The maximum atomic E-state index is 11.0. The van der Waals surface area contributed by atoms with Gasteiger partial charge in [0, 0.05) is 39.0 Å². The molecule has 2 amide bonds. The molecule has 1 saturated heterocycles. The van der Waals surface area contributed by atoms with Crippen LogP contribution in [0.15, 0.2) is 0 Å². The highest BCUT2D eigenvalue weighted by atomic mass is 16.2. The van der Waals surface area contributed by atoms with E-state index in [1.54, 1.807) is 6.92 Å². The molecule has 14 heavy (non-hydrogen) atoms. The predicted octanol–water partition coefficient (Wildman–Crippen LogP) is -0.928. The number of carbonyl (C=O) groups excluding carboxylic acids is 2. The summed E-state index contributed by atoms with van der Waals surface area (Å²) in [7, 11) is 0. The fourth-order valence-corrected chi connectivity index (χ4v) is 1.61.